The van der Waals surface area contributed by atoms with Gasteiger partial charge in [-0.1, -0.05) is 46.9 Å². The molecule has 0 fully saturated rings. The van der Waals surface area contributed by atoms with Crippen LogP contribution in [-0.4, -0.2) is 21.7 Å². The zero-order valence-corrected chi connectivity index (χ0v) is 16.9. The Labute approximate surface area is 162 Å². The Hall–Kier alpha value is -2.18. The van der Waals surface area contributed by atoms with Crippen LogP contribution in [0.4, 0.5) is 10.8 Å². The molecule has 3 aromatic rings. The lowest BCUT2D eigenvalue weighted by atomic mass is 10.0. The fourth-order valence-corrected chi connectivity index (χ4v) is 4.16. The summed E-state index contributed by atoms with van der Waals surface area (Å²) in [5.74, 6) is 0.484. The first-order valence-corrected chi connectivity index (χ1v) is 10.1. The third kappa shape index (κ3) is 4.51. The monoisotopic (exact) mass is 383 g/mol. The van der Waals surface area contributed by atoms with Gasteiger partial charge < -0.3 is 5.32 Å². The zero-order chi connectivity index (χ0) is 18.7. The maximum Gasteiger partial charge on any atom is 0.210 e. The van der Waals surface area contributed by atoms with E-state index in [1.807, 2.05) is 38.1 Å². The predicted molar refractivity (Wildman–Crippen MR) is 110 cm³/mol. The number of benzene rings is 2. The zero-order valence-electron chi connectivity index (χ0n) is 15.3. The number of anilines is 2. The lowest BCUT2D eigenvalue weighted by molar-refractivity contribution is 0.102. The van der Waals surface area contributed by atoms with Crippen LogP contribution in [0, 0.1) is 27.7 Å². The minimum atomic E-state index is 0.120. The van der Waals surface area contributed by atoms with Crippen LogP contribution in [0.3, 0.4) is 0 Å². The normalized spacial score (nSPS) is 10.8. The average Bonchev–Trinajstić information content (AvgIpc) is 3.05. The van der Waals surface area contributed by atoms with Crippen LogP contribution in [0.5, 0.6) is 0 Å². The van der Waals surface area contributed by atoms with Crippen molar-refractivity contribution >= 4 is 39.7 Å². The molecule has 3 rings (SSSR count). The van der Waals surface area contributed by atoms with Crippen molar-refractivity contribution in [2.45, 2.75) is 32.0 Å². The van der Waals surface area contributed by atoms with Gasteiger partial charge in [-0.3, -0.25) is 4.79 Å². The summed E-state index contributed by atoms with van der Waals surface area (Å²) in [5.41, 5.74) is 6.38. The number of nitrogens with one attached hydrogen (secondary N) is 1. The molecule has 0 aliphatic carbocycles. The molecule has 0 radical (unpaired) electrons. The number of aryl methyl sites for hydroxylation is 4. The summed E-state index contributed by atoms with van der Waals surface area (Å²) < 4.78 is 0.787. The second kappa shape index (κ2) is 8.01. The molecule has 1 aromatic heterocycles. The smallest absolute Gasteiger partial charge is 0.210 e. The Morgan fingerprint density at radius 3 is 2.54 bits per heavy atom. The van der Waals surface area contributed by atoms with E-state index in [9.17, 15) is 4.79 Å². The fourth-order valence-electron chi connectivity index (χ4n) is 2.50. The Morgan fingerprint density at radius 1 is 1.00 bits per heavy atom. The van der Waals surface area contributed by atoms with Crippen LogP contribution >= 0.6 is 23.1 Å². The maximum absolute atomic E-state index is 12.5. The van der Waals surface area contributed by atoms with Crippen molar-refractivity contribution in [1.29, 1.82) is 0 Å². The Kier molecular flexibility index (Phi) is 5.74. The summed E-state index contributed by atoms with van der Waals surface area (Å²) >= 11 is 2.89. The van der Waals surface area contributed by atoms with Gasteiger partial charge in [-0.2, -0.15) is 0 Å². The van der Waals surface area contributed by atoms with E-state index in [1.54, 1.807) is 0 Å². The first kappa shape index (κ1) is 18.6. The average molecular weight is 384 g/mol. The summed E-state index contributed by atoms with van der Waals surface area (Å²) in [4.78, 5) is 12.5. The van der Waals surface area contributed by atoms with Crippen molar-refractivity contribution in [2.24, 2.45) is 0 Å². The van der Waals surface area contributed by atoms with Gasteiger partial charge in [0.1, 0.15) is 0 Å². The summed E-state index contributed by atoms with van der Waals surface area (Å²) in [7, 11) is 0. The molecule has 1 N–H and O–H groups in total. The molecule has 0 saturated heterocycles. The van der Waals surface area contributed by atoms with Gasteiger partial charge in [-0.15, -0.1) is 10.2 Å². The highest BCUT2D eigenvalue weighted by Crippen LogP contribution is 2.29. The van der Waals surface area contributed by atoms with Gasteiger partial charge in [-0.05, 0) is 62.6 Å². The molecule has 0 aliphatic heterocycles. The number of nitrogens with zero attached hydrogens (tertiary/aromatic N) is 2. The fraction of sp³-hybridized carbons (Fsp3) is 0.250. The van der Waals surface area contributed by atoms with Gasteiger partial charge in [0, 0.05) is 11.3 Å². The van der Waals surface area contributed by atoms with E-state index >= 15 is 0 Å². The van der Waals surface area contributed by atoms with Crippen molar-refractivity contribution in [3.8, 4) is 0 Å². The molecule has 26 heavy (non-hydrogen) atoms. The Morgan fingerprint density at radius 2 is 1.77 bits per heavy atom. The second-order valence-electron chi connectivity index (χ2n) is 6.33. The third-order valence-corrected chi connectivity index (χ3v) is 6.16. The standard InChI is InChI=1S/C20H21N3OS2/c1-12-5-6-14(3)17(9-12)18(24)11-25-20-23-22-19(26-20)21-16-8-7-13(2)15(4)10-16/h5-10H,11H2,1-4H3,(H,21,22). The molecule has 4 nitrogen and oxygen atoms in total. The highest BCUT2D eigenvalue weighted by atomic mass is 32.2. The van der Waals surface area contributed by atoms with E-state index in [4.69, 9.17) is 0 Å². The van der Waals surface area contributed by atoms with Crippen molar-refractivity contribution in [3.05, 3.63) is 64.2 Å². The molecular formula is C20H21N3OS2. The molecule has 0 spiro atoms. The SMILES string of the molecule is Cc1ccc(C)c(C(=O)CSc2nnc(Nc3ccc(C)c(C)c3)s2)c1. The highest BCUT2D eigenvalue weighted by Gasteiger charge is 2.12. The topological polar surface area (TPSA) is 54.9 Å². The van der Waals surface area contributed by atoms with Crippen LogP contribution in [0.1, 0.15) is 32.6 Å². The maximum atomic E-state index is 12.5. The van der Waals surface area contributed by atoms with Crippen molar-refractivity contribution in [3.63, 3.8) is 0 Å². The number of ketones is 1. The number of Topliss-reactive ketones (excluding diaryl/α,β-unsaturated/α-hetero) is 1. The summed E-state index contributed by atoms with van der Waals surface area (Å²) in [6.45, 7) is 8.14. The minimum absolute atomic E-state index is 0.120. The quantitative estimate of drug-likeness (QED) is 0.450. The van der Waals surface area contributed by atoms with Crippen molar-refractivity contribution in [2.75, 3.05) is 11.1 Å². The third-order valence-electron chi connectivity index (χ3n) is 4.18. The minimum Gasteiger partial charge on any atom is -0.330 e. The van der Waals surface area contributed by atoms with E-state index in [0.717, 1.165) is 31.8 Å². The molecule has 0 atom stereocenters. The van der Waals surface area contributed by atoms with E-state index in [2.05, 4.69) is 41.5 Å². The van der Waals surface area contributed by atoms with Crippen LogP contribution in [0.15, 0.2) is 40.7 Å². The number of aromatic nitrogens is 2. The van der Waals surface area contributed by atoms with Gasteiger partial charge in [0.25, 0.3) is 0 Å². The van der Waals surface area contributed by atoms with E-state index in [1.165, 1.54) is 34.2 Å². The van der Waals surface area contributed by atoms with Crippen molar-refractivity contribution in [1.82, 2.24) is 10.2 Å². The largest absolute Gasteiger partial charge is 0.330 e. The molecule has 0 aliphatic rings. The number of rotatable bonds is 6. The Bertz CT molecular complexity index is 950. The molecule has 6 heteroatoms. The number of hydrogen-bond acceptors (Lipinski definition) is 6. The Balaban J connectivity index is 1.62. The van der Waals surface area contributed by atoms with Gasteiger partial charge >= 0.3 is 0 Å². The number of hydrogen-bond donors (Lipinski definition) is 1. The van der Waals surface area contributed by atoms with E-state index in [0.29, 0.717) is 5.75 Å². The molecule has 134 valence electrons. The molecular weight excluding hydrogens is 362 g/mol. The summed E-state index contributed by atoms with van der Waals surface area (Å²) in [6, 6.07) is 12.2. The highest BCUT2D eigenvalue weighted by molar-refractivity contribution is 8.01. The van der Waals surface area contributed by atoms with Crippen LogP contribution in [-0.2, 0) is 0 Å². The van der Waals surface area contributed by atoms with E-state index < -0.39 is 0 Å². The number of carbonyl (C=O) groups is 1. The van der Waals surface area contributed by atoms with E-state index in [-0.39, 0.29) is 5.78 Å². The predicted octanol–water partition coefficient (Wildman–Crippen LogP) is 5.49. The van der Waals surface area contributed by atoms with Crippen LogP contribution in [0.2, 0.25) is 0 Å². The van der Waals surface area contributed by atoms with Crippen LogP contribution < -0.4 is 5.32 Å². The summed E-state index contributed by atoms with van der Waals surface area (Å²) in [6.07, 6.45) is 0. The van der Waals surface area contributed by atoms with Crippen molar-refractivity contribution < 1.29 is 4.79 Å². The van der Waals surface area contributed by atoms with Gasteiger partial charge in [-0.25, -0.2) is 0 Å². The number of carbonyl (C=O) groups excluding carboxylic acids is 1. The second-order valence-corrected chi connectivity index (χ2v) is 8.53. The molecule has 2 aromatic carbocycles. The van der Waals surface area contributed by atoms with Crippen LogP contribution in [0.25, 0.3) is 0 Å². The molecule has 1 heterocycles. The molecule has 0 unspecified atom stereocenters. The molecule has 0 saturated carbocycles. The first-order valence-electron chi connectivity index (χ1n) is 8.33. The number of thioether (sulfide) groups is 1. The first-order chi connectivity index (χ1) is 12.4. The molecule has 0 bridgehead atoms. The molecule has 0 amide bonds. The lowest BCUT2D eigenvalue weighted by Gasteiger charge is -2.05. The van der Waals surface area contributed by atoms with Gasteiger partial charge in [0.2, 0.25) is 5.13 Å². The van der Waals surface area contributed by atoms with Gasteiger partial charge in [0.15, 0.2) is 10.1 Å². The lowest BCUT2D eigenvalue weighted by Crippen LogP contribution is -2.05. The van der Waals surface area contributed by atoms with Gasteiger partial charge in [0.05, 0.1) is 5.75 Å². The summed E-state index contributed by atoms with van der Waals surface area (Å²) in [5, 5.41) is 12.4.